The molecule has 0 radical (unpaired) electrons. The van der Waals surface area contributed by atoms with Crippen LogP contribution in [0.5, 0.6) is 5.75 Å². The smallest absolute Gasteiger partial charge is 0.412 e. The van der Waals surface area contributed by atoms with Gasteiger partial charge in [0.15, 0.2) is 6.73 Å². The van der Waals surface area contributed by atoms with Crippen LogP contribution in [0.15, 0.2) is 64.3 Å². The monoisotopic (exact) mass is 495 g/mol. The first-order valence-corrected chi connectivity index (χ1v) is 12.2. The number of carbonyl (C=O) groups excluding carboxylic acids is 1. The largest absolute Gasteiger partial charge is 0.515 e. The third kappa shape index (κ3) is 6.62. The van der Waals surface area contributed by atoms with Gasteiger partial charge in [0.2, 0.25) is 5.82 Å². The van der Waals surface area contributed by atoms with Crippen LogP contribution >= 0.6 is 0 Å². The van der Waals surface area contributed by atoms with Gasteiger partial charge in [0.1, 0.15) is 5.75 Å². The fourth-order valence-electron chi connectivity index (χ4n) is 4.41. The van der Waals surface area contributed by atoms with Gasteiger partial charge >= 0.3 is 11.8 Å². The average Bonchev–Trinajstić information content (AvgIpc) is 2.88. The molecule has 8 nitrogen and oxygen atoms in total. The predicted octanol–water partition coefficient (Wildman–Crippen LogP) is 4.26. The number of aromatic nitrogens is 2. The molecule has 0 saturated carbocycles. The Labute approximate surface area is 208 Å². The molecule has 36 heavy (non-hydrogen) atoms. The van der Waals surface area contributed by atoms with Gasteiger partial charge in [-0.1, -0.05) is 37.6 Å². The van der Waals surface area contributed by atoms with E-state index in [4.69, 9.17) is 9.47 Å². The van der Waals surface area contributed by atoms with E-state index in [9.17, 15) is 18.8 Å². The maximum atomic E-state index is 13.3. The van der Waals surface area contributed by atoms with Gasteiger partial charge in [0.25, 0.3) is 5.56 Å². The van der Waals surface area contributed by atoms with Crippen LogP contribution in [0.25, 0.3) is 0 Å². The normalized spacial score (nSPS) is 14.0. The molecule has 0 unspecified atom stereocenters. The van der Waals surface area contributed by atoms with Crippen molar-refractivity contribution in [3.63, 3.8) is 0 Å². The summed E-state index contributed by atoms with van der Waals surface area (Å²) in [5.74, 6) is -0.271. The van der Waals surface area contributed by atoms with E-state index in [0.29, 0.717) is 22.4 Å². The lowest BCUT2D eigenvalue weighted by molar-refractivity contribution is 0.0694. The third-order valence-corrected chi connectivity index (χ3v) is 6.39. The maximum Gasteiger partial charge on any atom is 0.515 e. The van der Waals surface area contributed by atoms with Crippen molar-refractivity contribution in [2.45, 2.75) is 45.8 Å². The second-order valence-corrected chi connectivity index (χ2v) is 9.03. The number of aromatic amines is 1. The van der Waals surface area contributed by atoms with E-state index in [1.54, 1.807) is 17.1 Å². The first-order chi connectivity index (χ1) is 17.4. The van der Waals surface area contributed by atoms with Gasteiger partial charge in [0.05, 0.1) is 6.20 Å². The van der Waals surface area contributed by atoms with Crippen LogP contribution in [0.3, 0.4) is 0 Å². The van der Waals surface area contributed by atoms with E-state index in [1.807, 2.05) is 12.1 Å². The quantitative estimate of drug-likeness (QED) is 0.371. The molecule has 190 valence electrons. The molecular weight excluding hydrogens is 465 g/mol. The number of ether oxygens (including phenoxy) is 2. The van der Waals surface area contributed by atoms with Crippen LogP contribution in [-0.4, -0.2) is 28.8 Å². The third-order valence-electron chi connectivity index (χ3n) is 6.39. The number of H-pyrrole nitrogens is 1. The van der Waals surface area contributed by atoms with Crippen LogP contribution in [0.2, 0.25) is 0 Å². The van der Waals surface area contributed by atoms with Gasteiger partial charge in [-0.25, -0.2) is 9.59 Å². The molecule has 1 saturated heterocycles. The molecule has 2 heterocycles. The lowest BCUT2D eigenvalue weighted by Crippen LogP contribution is -2.34. The molecule has 1 aliphatic rings. The lowest BCUT2D eigenvalue weighted by Gasteiger charge is -2.34. The first kappa shape index (κ1) is 25.2. The summed E-state index contributed by atoms with van der Waals surface area (Å²) in [6.07, 6.45) is 5.08. The second kappa shape index (κ2) is 11.7. The van der Waals surface area contributed by atoms with Gasteiger partial charge in [-0.3, -0.25) is 14.3 Å². The Morgan fingerprint density at radius 2 is 1.69 bits per heavy atom. The summed E-state index contributed by atoms with van der Waals surface area (Å²) >= 11 is 0. The van der Waals surface area contributed by atoms with E-state index in [0.717, 1.165) is 50.8 Å². The number of rotatable bonds is 8. The van der Waals surface area contributed by atoms with E-state index in [1.165, 1.54) is 11.3 Å². The number of nitrogens with one attached hydrogen (secondary N) is 1. The van der Waals surface area contributed by atoms with Crippen molar-refractivity contribution < 1.29 is 18.7 Å². The van der Waals surface area contributed by atoms with E-state index < -0.39 is 30.0 Å². The summed E-state index contributed by atoms with van der Waals surface area (Å²) in [5.41, 5.74) is 1.80. The zero-order chi connectivity index (χ0) is 25.5. The van der Waals surface area contributed by atoms with Crippen molar-refractivity contribution in [2.24, 2.45) is 5.92 Å². The summed E-state index contributed by atoms with van der Waals surface area (Å²) < 4.78 is 24.0. The number of carbonyl (C=O) groups is 1. The molecule has 0 spiro atoms. The van der Waals surface area contributed by atoms with Crippen LogP contribution < -0.4 is 20.9 Å². The summed E-state index contributed by atoms with van der Waals surface area (Å²) in [7, 11) is 0. The van der Waals surface area contributed by atoms with Crippen molar-refractivity contribution in [2.75, 3.05) is 18.0 Å². The minimum Gasteiger partial charge on any atom is -0.412 e. The summed E-state index contributed by atoms with van der Waals surface area (Å²) in [4.78, 5) is 38.8. The lowest BCUT2D eigenvalue weighted by atomic mass is 9.90. The number of aryl methyl sites for hydroxylation is 1. The van der Waals surface area contributed by atoms with Crippen LogP contribution in [-0.2, 0) is 24.3 Å². The van der Waals surface area contributed by atoms with Gasteiger partial charge in [0, 0.05) is 18.8 Å². The highest BCUT2D eigenvalue weighted by Crippen LogP contribution is 2.27. The summed E-state index contributed by atoms with van der Waals surface area (Å²) in [5, 5.41) is 0. The molecule has 1 N–H and O–H groups in total. The Bertz CT molecular complexity index is 1280. The molecule has 1 fully saturated rings. The molecular formula is C27H30FN3O5. The average molecular weight is 496 g/mol. The molecule has 1 aromatic heterocycles. The van der Waals surface area contributed by atoms with Crippen LogP contribution in [0.1, 0.15) is 37.3 Å². The van der Waals surface area contributed by atoms with E-state index in [2.05, 4.69) is 36.1 Å². The molecule has 4 rings (SSSR count). The fraction of sp³-hybridized carbons (Fsp3) is 0.370. The Hall–Kier alpha value is -3.88. The van der Waals surface area contributed by atoms with Crippen LogP contribution in [0.4, 0.5) is 14.9 Å². The van der Waals surface area contributed by atoms with Crippen molar-refractivity contribution >= 4 is 11.8 Å². The first-order valence-electron chi connectivity index (χ1n) is 12.2. The van der Waals surface area contributed by atoms with Crippen molar-refractivity contribution in [3.8, 4) is 5.75 Å². The van der Waals surface area contributed by atoms with E-state index >= 15 is 0 Å². The number of halogens is 1. The zero-order valence-electron chi connectivity index (χ0n) is 20.2. The zero-order valence-corrected chi connectivity index (χ0v) is 20.2. The predicted molar refractivity (Wildman–Crippen MR) is 134 cm³/mol. The fourth-order valence-corrected chi connectivity index (χ4v) is 4.41. The van der Waals surface area contributed by atoms with Crippen molar-refractivity contribution in [1.82, 2.24) is 9.55 Å². The number of hydrogen-bond donors (Lipinski definition) is 1. The highest BCUT2D eigenvalue weighted by atomic mass is 19.1. The maximum absolute atomic E-state index is 13.3. The van der Waals surface area contributed by atoms with Crippen molar-refractivity contribution in [3.05, 3.63) is 92.5 Å². The van der Waals surface area contributed by atoms with Gasteiger partial charge in [-0.05, 0) is 67.0 Å². The minimum absolute atomic E-state index is 0.296. The number of nitrogens with zero attached hydrogens (tertiary/aromatic N) is 2. The summed E-state index contributed by atoms with van der Waals surface area (Å²) in [6.45, 7) is 3.67. The molecule has 1 aliphatic heterocycles. The molecule has 0 aliphatic carbocycles. The number of benzene rings is 2. The Kier molecular flexibility index (Phi) is 8.20. The number of piperidine rings is 1. The van der Waals surface area contributed by atoms with E-state index in [-0.39, 0.29) is 0 Å². The number of anilines is 1. The Morgan fingerprint density at radius 3 is 2.36 bits per heavy atom. The molecule has 0 bridgehead atoms. The topological polar surface area (TPSA) is 93.6 Å². The van der Waals surface area contributed by atoms with Gasteiger partial charge in [-0.15, -0.1) is 0 Å². The number of hydrogen-bond acceptors (Lipinski definition) is 6. The minimum atomic E-state index is -1.16. The second-order valence-electron chi connectivity index (χ2n) is 9.03. The molecule has 0 amide bonds. The van der Waals surface area contributed by atoms with Crippen molar-refractivity contribution in [1.29, 1.82) is 0 Å². The SMILES string of the molecule is CCCc1ccc(N2CCC(Cc3ccc(OC(=O)OCn4cc(F)c(=O)[nH]c4=O)cc3)CC2)cc1. The highest BCUT2D eigenvalue weighted by molar-refractivity contribution is 5.63. The molecule has 3 aromatic rings. The Morgan fingerprint density at radius 1 is 1.03 bits per heavy atom. The molecule has 9 heteroatoms. The van der Waals surface area contributed by atoms with Gasteiger partial charge in [-0.2, -0.15) is 4.39 Å². The molecule has 2 aromatic carbocycles. The highest BCUT2D eigenvalue weighted by Gasteiger charge is 2.20. The Balaban J connectivity index is 1.22. The van der Waals surface area contributed by atoms with Crippen LogP contribution in [0, 0.1) is 11.7 Å². The van der Waals surface area contributed by atoms with Gasteiger partial charge < -0.3 is 14.4 Å². The standard InChI is InChI=1S/C27H30FN3O5/c1-2-3-19-4-8-22(9-5-19)30-14-12-21(13-15-30)16-20-6-10-23(11-7-20)36-27(34)35-18-31-17-24(28)25(32)29-26(31)33/h4-11,17,21H,2-3,12-16,18H2,1H3,(H,29,32,33). The summed E-state index contributed by atoms with van der Waals surface area (Å²) in [6, 6.07) is 16.1. The molecule has 0 atom stereocenters.